The molecule has 0 saturated carbocycles. The lowest BCUT2D eigenvalue weighted by Gasteiger charge is -2.32. The van der Waals surface area contributed by atoms with E-state index in [1.807, 2.05) is 0 Å². The highest BCUT2D eigenvalue weighted by atomic mass is 16.1. The van der Waals surface area contributed by atoms with Gasteiger partial charge in [0.1, 0.15) is 0 Å². The van der Waals surface area contributed by atoms with E-state index in [0.29, 0.717) is 12.1 Å². The minimum Gasteiger partial charge on any atom is -0.351 e. The second kappa shape index (κ2) is 9.65. The van der Waals surface area contributed by atoms with Crippen LogP contribution in [0.25, 0.3) is 0 Å². The molecule has 0 unspecified atom stereocenters. The molecule has 4 nitrogen and oxygen atoms in total. The number of nitrogens with zero attached hydrogens (tertiary/aromatic N) is 2. The minimum atomic E-state index is -0.0356. The van der Waals surface area contributed by atoms with Crippen molar-refractivity contribution in [3.8, 4) is 0 Å². The summed E-state index contributed by atoms with van der Waals surface area (Å²) in [5.41, 5.74) is 5.02. The molecule has 2 aromatic rings. The maximum atomic E-state index is 12.0. The fourth-order valence-corrected chi connectivity index (χ4v) is 4.02. The second-order valence-corrected chi connectivity index (χ2v) is 7.69. The molecule has 0 radical (unpaired) electrons. The van der Waals surface area contributed by atoms with Crippen LogP contribution >= 0.6 is 0 Å². The number of likely N-dealkylation sites (tertiary alicyclic amines) is 1. The van der Waals surface area contributed by atoms with E-state index in [0.717, 1.165) is 25.6 Å². The van der Waals surface area contributed by atoms with E-state index in [9.17, 15) is 4.79 Å². The Labute approximate surface area is 163 Å². The van der Waals surface area contributed by atoms with Gasteiger partial charge in [-0.3, -0.25) is 9.78 Å². The molecule has 1 N–H and O–H groups in total. The molecule has 1 aromatic carbocycles. The predicted molar refractivity (Wildman–Crippen MR) is 110 cm³/mol. The molecular formula is C23H31N3O. The van der Waals surface area contributed by atoms with Gasteiger partial charge in [-0.25, -0.2) is 0 Å². The molecule has 1 saturated heterocycles. The molecule has 1 aliphatic rings. The van der Waals surface area contributed by atoms with Crippen molar-refractivity contribution in [2.75, 3.05) is 26.2 Å². The number of aryl methyl sites for hydroxylation is 2. The molecule has 2 heterocycles. The number of aromatic nitrogens is 1. The first kappa shape index (κ1) is 19.6. The highest BCUT2D eigenvalue weighted by Gasteiger charge is 2.19. The maximum absolute atomic E-state index is 12.0. The first-order chi connectivity index (χ1) is 13.1. The topological polar surface area (TPSA) is 45.2 Å². The number of nitrogens with one attached hydrogen (secondary N) is 1. The first-order valence-corrected chi connectivity index (χ1v) is 10.1. The average molecular weight is 366 g/mol. The zero-order valence-corrected chi connectivity index (χ0v) is 16.6. The monoisotopic (exact) mass is 365 g/mol. The highest BCUT2D eigenvalue weighted by molar-refractivity contribution is 5.93. The number of carbonyl (C=O) groups excluding carboxylic acids is 1. The van der Waals surface area contributed by atoms with E-state index in [2.05, 4.69) is 47.2 Å². The normalized spacial score (nSPS) is 15.6. The maximum Gasteiger partial charge on any atom is 0.252 e. The molecular weight excluding hydrogens is 334 g/mol. The molecule has 0 bridgehead atoms. The van der Waals surface area contributed by atoms with E-state index >= 15 is 0 Å². The third-order valence-corrected chi connectivity index (χ3v) is 5.79. The van der Waals surface area contributed by atoms with Crippen LogP contribution in [0, 0.1) is 19.8 Å². The smallest absolute Gasteiger partial charge is 0.252 e. The average Bonchev–Trinajstić information content (AvgIpc) is 2.69. The Bertz CT molecular complexity index is 716. The first-order valence-electron chi connectivity index (χ1n) is 10.1. The van der Waals surface area contributed by atoms with Crippen LogP contribution in [-0.2, 0) is 6.42 Å². The molecule has 0 spiro atoms. The van der Waals surface area contributed by atoms with Crippen LogP contribution in [0.3, 0.4) is 0 Å². The Morgan fingerprint density at radius 1 is 1.15 bits per heavy atom. The lowest BCUT2D eigenvalue weighted by molar-refractivity contribution is 0.0943. The van der Waals surface area contributed by atoms with Crippen LogP contribution in [0.1, 0.15) is 46.3 Å². The largest absolute Gasteiger partial charge is 0.351 e. The van der Waals surface area contributed by atoms with Gasteiger partial charge in [0.15, 0.2) is 0 Å². The van der Waals surface area contributed by atoms with Crippen LogP contribution in [0.5, 0.6) is 0 Å². The summed E-state index contributed by atoms with van der Waals surface area (Å²) in [6, 6.07) is 10.2. The zero-order valence-electron chi connectivity index (χ0n) is 16.6. The summed E-state index contributed by atoms with van der Waals surface area (Å²) < 4.78 is 0. The Kier molecular flexibility index (Phi) is 6.99. The molecule has 27 heavy (non-hydrogen) atoms. The SMILES string of the molecule is Cc1cccc(C)c1CCC1CCN(CCNC(=O)c2cccnc2)CC1. The Morgan fingerprint density at radius 2 is 1.89 bits per heavy atom. The lowest BCUT2D eigenvalue weighted by atomic mass is 9.88. The van der Waals surface area contributed by atoms with Gasteiger partial charge in [0.25, 0.3) is 5.91 Å². The number of benzene rings is 1. The molecule has 1 fully saturated rings. The van der Waals surface area contributed by atoms with Gasteiger partial charge in [-0.2, -0.15) is 0 Å². The lowest BCUT2D eigenvalue weighted by Crippen LogP contribution is -2.39. The van der Waals surface area contributed by atoms with Crippen LogP contribution in [0.2, 0.25) is 0 Å². The molecule has 1 aliphatic heterocycles. The van der Waals surface area contributed by atoms with Gasteiger partial charge in [-0.15, -0.1) is 0 Å². The van der Waals surface area contributed by atoms with Gasteiger partial charge in [-0.1, -0.05) is 18.2 Å². The number of amides is 1. The van der Waals surface area contributed by atoms with E-state index in [-0.39, 0.29) is 5.91 Å². The number of carbonyl (C=O) groups is 1. The fourth-order valence-electron chi connectivity index (χ4n) is 4.02. The molecule has 0 atom stereocenters. The third-order valence-electron chi connectivity index (χ3n) is 5.79. The summed E-state index contributed by atoms with van der Waals surface area (Å²) in [4.78, 5) is 18.5. The standard InChI is InChI=1S/C23H31N3O/c1-18-5-3-6-19(2)22(18)9-8-20-10-14-26(15-11-20)16-13-25-23(27)21-7-4-12-24-17-21/h3-7,12,17,20H,8-11,13-16H2,1-2H3,(H,25,27). The van der Waals surface area contributed by atoms with Crippen molar-refractivity contribution in [3.05, 3.63) is 65.0 Å². The number of hydrogen-bond donors (Lipinski definition) is 1. The number of rotatable bonds is 7. The van der Waals surface area contributed by atoms with Crippen LogP contribution in [0.4, 0.5) is 0 Å². The van der Waals surface area contributed by atoms with Crippen LogP contribution in [0.15, 0.2) is 42.7 Å². The van der Waals surface area contributed by atoms with Gasteiger partial charge in [0, 0.05) is 25.5 Å². The summed E-state index contributed by atoms with van der Waals surface area (Å²) >= 11 is 0. The Balaban J connectivity index is 1.35. The van der Waals surface area contributed by atoms with E-state index in [1.165, 1.54) is 42.4 Å². The van der Waals surface area contributed by atoms with E-state index in [4.69, 9.17) is 0 Å². The third kappa shape index (κ3) is 5.64. The summed E-state index contributed by atoms with van der Waals surface area (Å²) in [5, 5.41) is 3.00. The van der Waals surface area contributed by atoms with Crippen molar-refractivity contribution in [2.24, 2.45) is 5.92 Å². The van der Waals surface area contributed by atoms with Crippen molar-refractivity contribution in [1.29, 1.82) is 0 Å². The summed E-state index contributed by atoms with van der Waals surface area (Å²) in [5.74, 6) is 0.789. The molecule has 3 rings (SSSR count). The quantitative estimate of drug-likeness (QED) is 0.812. The van der Waals surface area contributed by atoms with Gasteiger partial charge in [-0.05, 0) is 87.4 Å². The molecule has 0 aliphatic carbocycles. The number of piperidine rings is 1. The van der Waals surface area contributed by atoms with Crippen molar-refractivity contribution in [2.45, 2.75) is 39.5 Å². The highest BCUT2D eigenvalue weighted by Crippen LogP contribution is 2.24. The van der Waals surface area contributed by atoms with Crippen molar-refractivity contribution in [3.63, 3.8) is 0 Å². The molecule has 4 heteroatoms. The van der Waals surface area contributed by atoms with Gasteiger partial charge >= 0.3 is 0 Å². The zero-order chi connectivity index (χ0) is 19.1. The van der Waals surface area contributed by atoms with Gasteiger partial charge in [0.05, 0.1) is 5.56 Å². The van der Waals surface area contributed by atoms with Crippen molar-refractivity contribution < 1.29 is 4.79 Å². The molecule has 144 valence electrons. The molecule has 1 aromatic heterocycles. The Hall–Kier alpha value is -2.20. The van der Waals surface area contributed by atoms with Crippen LogP contribution < -0.4 is 5.32 Å². The minimum absolute atomic E-state index is 0.0356. The van der Waals surface area contributed by atoms with Gasteiger partial charge in [0.2, 0.25) is 0 Å². The predicted octanol–water partition coefficient (Wildman–Crippen LogP) is 3.77. The van der Waals surface area contributed by atoms with E-state index in [1.54, 1.807) is 24.5 Å². The summed E-state index contributed by atoms with van der Waals surface area (Å²) in [6.45, 7) is 8.35. The second-order valence-electron chi connectivity index (χ2n) is 7.69. The number of hydrogen-bond acceptors (Lipinski definition) is 3. The fraction of sp³-hybridized carbons (Fsp3) is 0.478. The van der Waals surface area contributed by atoms with Crippen LogP contribution in [-0.4, -0.2) is 42.0 Å². The van der Waals surface area contributed by atoms with Gasteiger partial charge < -0.3 is 10.2 Å². The van der Waals surface area contributed by atoms with E-state index < -0.39 is 0 Å². The summed E-state index contributed by atoms with van der Waals surface area (Å²) in [7, 11) is 0. The summed E-state index contributed by atoms with van der Waals surface area (Å²) in [6.07, 6.45) is 8.31. The molecule has 1 amide bonds. The Morgan fingerprint density at radius 3 is 2.56 bits per heavy atom. The van der Waals surface area contributed by atoms with Crippen molar-refractivity contribution >= 4 is 5.91 Å². The number of pyridine rings is 1. The van der Waals surface area contributed by atoms with Crippen molar-refractivity contribution in [1.82, 2.24) is 15.2 Å².